The van der Waals surface area contributed by atoms with Crippen LogP contribution >= 0.6 is 24.0 Å². The second-order valence-electron chi connectivity index (χ2n) is 7.02. The number of piperazine rings is 1. The van der Waals surface area contributed by atoms with Crippen LogP contribution in [-0.4, -0.2) is 66.6 Å². The third kappa shape index (κ3) is 5.97. The maximum Gasteiger partial charge on any atom is 0.191 e. The highest BCUT2D eigenvalue weighted by atomic mass is 127. The Morgan fingerprint density at radius 3 is 2.31 bits per heavy atom. The number of hydrogen-bond donors (Lipinski definition) is 1. The number of hydrogen-bond acceptors (Lipinski definition) is 4. The molecule has 3 rings (SSSR count). The summed E-state index contributed by atoms with van der Waals surface area (Å²) in [7, 11) is 0. The molecule has 0 bridgehead atoms. The topological polar surface area (TPSA) is 61.0 Å². The van der Waals surface area contributed by atoms with Crippen molar-refractivity contribution in [2.24, 2.45) is 10.7 Å². The molecule has 0 atom stereocenters. The molecule has 0 aromatic carbocycles. The van der Waals surface area contributed by atoms with Crippen molar-refractivity contribution in [2.75, 3.05) is 50.7 Å². The molecule has 146 valence electrons. The van der Waals surface area contributed by atoms with Crippen LogP contribution in [0.4, 0.5) is 5.82 Å². The van der Waals surface area contributed by atoms with Crippen LogP contribution in [0.25, 0.3) is 0 Å². The fourth-order valence-corrected chi connectivity index (χ4v) is 3.56. The molecule has 0 unspecified atom stereocenters. The summed E-state index contributed by atoms with van der Waals surface area (Å²) in [5, 5.41) is 0. The number of halogens is 1. The zero-order valence-corrected chi connectivity index (χ0v) is 18.3. The van der Waals surface area contributed by atoms with Gasteiger partial charge in [0.2, 0.25) is 0 Å². The molecule has 0 amide bonds. The summed E-state index contributed by atoms with van der Waals surface area (Å²) < 4.78 is 0. The van der Waals surface area contributed by atoms with Gasteiger partial charge in [-0.25, -0.2) is 9.98 Å². The Labute approximate surface area is 174 Å². The number of likely N-dealkylation sites (N-methyl/N-ethyl adjacent to an activating group) is 1. The second kappa shape index (κ2) is 10.9. The van der Waals surface area contributed by atoms with E-state index in [4.69, 9.17) is 5.73 Å². The molecule has 1 aromatic rings. The fourth-order valence-electron chi connectivity index (χ4n) is 3.56. The molecule has 0 radical (unpaired) electrons. The van der Waals surface area contributed by atoms with Gasteiger partial charge in [-0.2, -0.15) is 0 Å². The molecule has 0 spiro atoms. The standard InChI is InChI=1S/C19H32N6.HI/c1-2-23-11-13-24(14-12-23)18-8-7-17(15-21-18)16-22-19(20)25-9-5-3-4-6-10-25;/h7-8,15H,2-6,9-14,16H2,1H3,(H2,20,22);1H. The maximum absolute atomic E-state index is 6.18. The van der Waals surface area contributed by atoms with Crippen molar-refractivity contribution < 1.29 is 0 Å². The monoisotopic (exact) mass is 472 g/mol. The summed E-state index contributed by atoms with van der Waals surface area (Å²) in [6.07, 6.45) is 7.00. The van der Waals surface area contributed by atoms with Crippen LogP contribution in [0.5, 0.6) is 0 Å². The van der Waals surface area contributed by atoms with Gasteiger partial charge in [0.15, 0.2) is 5.96 Å². The van der Waals surface area contributed by atoms with Gasteiger partial charge >= 0.3 is 0 Å². The quantitative estimate of drug-likeness (QED) is 0.415. The summed E-state index contributed by atoms with van der Waals surface area (Å²) >= 11 is 0. The van der Waals surface area contributed by atoms with Crippen LogP contribution in [0.3, 0.4) is 0 Å². The minimum absolute atomic E-state index is 0. The highest BCUT2D eigenvalue weighted by Gasteiger charge is 2.16. The summed E-state index contributed by atoms with van der Waals surface area (Å²) in [6, 6.07) is 4.25. The average molecular weight is 472 g/mol. The summed E-state index contributed by atoms with van der Waals surface area (Å²) in [6.45, 7) is 10.4. The number of pyridine rings is 1. The van der Waals surface area contributed by atoms with Crippen LogP contribution in [-0.2, 0) is 6.54 Å². The van der Waals surface area contributed by atoms with Crippen LogP contribution < -0.4 is 10.6 Å². The lowest BCUT2D eigenvalue weighted by atomic mass is 10.2. The third-order valence-electron chi connectivity index (χ3n) is 5.31. The molecule has 2 aliphatic heterocycles. The maximum atomic E-state index is 6.18. The molecule has 2 N–H and O–H groups in total. The Balaban J connectivity index is 0.00000243. The van der Waals surface area contributed by atoms with Gasteiger partial charge in [-0.1, -0.05) is 25.8 Å². The largest absolute Gasteiger partial charge is 0.370 e. The van der Waals surface area contributed by atoms with Gasteiger partial charge in [0.1, 0.15) is 5.82 Å². The van der Waals surface area contributed by atoms with Gasteiger partial charge < -0.3 is 20.4 Å². The number of aliphatic imine (C=N–C) groups is 1. The first-order chi connectivity index (χ1) is 12.3. The first kappa shape index (κ1) is 21.2. The van der Waals surface area contributed by atoms with Gasteiger partial charge in [-0.3, -0.25) is 0 Å². The van der Waals surface area contributed by atoms with Crippen LogP contribution in [0.1, 0.15) is 38.2 Å². The van der Waals surface area contributed by atoms with Gasteiger partial charge in [-0.05, 0) is 31.0 Å². The van der Waals surface area contributed by atoms with Gasteiger partial charge in [0, 0.05) is 45.5 Å². The van der Waals surface area contributed by atoms with Crippen LogP contribution in [0.15, 0.2) is 23.3 Å². The van der Waals surface area contributed by atoms with Crippen LogP contribution in [0.2, 0.25) is 0 Å². The Bertz CT molecular complexity index is 546. The molecule has 1 aromatic heterocycles. The number of guanidine groups is 1. The molecule has 2 aliphatic rings. The molecule has 0 aliphatic carbocycles. The number of rotatable bonds is 4. The zero-order chi connectivity index (χ0) is 17.5. The van der Waals surface area contributed by atoms with Gasteiger partial charge in [-0.15, -0.1) is 24.0 Å². The second-order valence-corrected chi connectivity index (χ2v) is 7.02. The molecule has 0 saturated carbocycles. The number of nitrogens with two attached hydrogens (primary N) is 1. The van der Waals surface area contributed by atoms with Crippen LogP contribution in [0, 0.1) is 0 Å². The van der Waals surface area contributed by atoms with Crippen molar-refractivity contribution in [1.82, 2.24) is 14.8 Å². The number of likely N-dealkylation sites (tertiary alicyclic amines) is 1. The predicted molar refractivity (Wildman–Crippen MR) is 119 cm³/mol. The minimum Gasteiger partial charge on any atom is -0.370 e. The summed E-state index contributed by atoms with van der Waals surface area (Å²) in [4.78, 5) is 16.3. The van der Waals surface area contributed by atoms with E-state index in [0.717, 1.165) is 57.2 Å². The van der Waals surface area contributed by atoms with E-state index in [2.05, 4.69) is 43.7 Å². The first-order valence-corrected chi connectivity index (χ1v) is 9.73. The Hall–Kier alpha value is -1.09. The lowest BCUT2D eigenvalue weighted by molar-refractivity contribution is 0.270. The normalized spacial score (nSPS) is 19.8. The number of nitrogens with zero attached hydrogens (tertiary/aromatic N) is 5. The van der Waals surface area contributed by atoms with Crippen molar-refractivity contribution in [1.29, 1.82) is 0 Å². The smallest absolute Gasteiger partial charge is 0.191 e. The Kier molecular flexibility index (Phi) is 8.90. The molecule has 3 heterocycles. The van der Waals surface area contributed by atoms with Gasteiger partial charge in [0.25, 0.3) is 0 Å². The molecule has 2 saturated heterocycles. The summed E-state index contributed by atoms with van der Waals surface area (Å²) in [5.41, 5.74) is 7.30. The lowest BCUT2D eigenvalue weighted by Gasteiger charge is -2.34. The average Bonchev–Trinajstić information content (AvgIpc) is 2.96. The fraction of sp³-hybridized carbons (Fsp3) is 0.684. The molecule has 6 nitrogen and oxygen atoms in total. The van der Waals surface area contributed by atoms with E-state index >= 15 is 0 Å². The molecular formula is C19H33IN6. The van der Waals surface area contributed by atoms with E-state index < -0.39 is 0 Å². The van der Waals surface area contributed by atoms with Crippen molar-refractivity contribution >= 4 is 35.8 Å². The Morgan fingerprint density at radius 1 is 1.04 bits per heavy atom. The molecule has 7 heteroatoms. The van der Waals surface area contributed by atoms with Crippen molar-refractivity contribution in [3.63, 3.8) is 0 Å². The van der Waals surface area contributed by atoms with Crippen molar-refractivity contribution in [3.05, 3.63) is 23.9 Å². The third-order valence-corrected chi connectivity index (χ3v) is 5.31. The van der Waals surface area contributed by atoms with E-state index in [1.807, 2.05) is 6.20 Å². The van der Waals surface area contributed by atoms with E-state index in [9.17, 15) is 0 Å². The molecular weight excluding hydrogens is 439 g/mol. The summed E-state index contributed by atoms with van der Waals surface area (Å²) in [5.74, 6) is 1.76. The van der Waals surface area contributed by atoms with Crippen molar-refractivity contribution in [3.8, 4) is 0 Å². The predicted octanol–water partition coefficient (Wildman–Crippen LogP) is 2.53. The lowest BCUT2D eigenvalue weighted by Crippen LogP contribution is -2.46. The molecule has 26 heavy (non-hydrogen) atoms. The minimum atomic E-state index is 0. The van der Waals surface area contributed by atoms with Crippen molar-refractivity contribution in [2.45, 2.75) is 39.2 Å². The van der Waals surface area contributed by atoms with Gasteiger partial charge in [0.05, 0.1) is 6.54 Å². The number of aromatic nitrogens is 1. The first-order valence-electron chi connectivity index (χ1n) is 9.73. The highest BCUT2D eigenvalue weighted by Crippen LogP contribution is 2.15. The number of anilines is 1. The zero-order valence-electron chi connectivity index (χ0n) is 15.9. The highest BCUT2D eigenvalue weighted by molar-refractivity contribution is 14.0. The van der Waals surface area contributed by atoms with E-state index in [1.165, 1.54) is 25.7 Å². The Morgan fingerprint density at radius 2 is 1.73 bits per heavy atom. The van der Waals surface area contributed by atoms with E-state index in [-0.39, 0.29) is 24.0 Å². The molecule has 2 fully saturated rings. The van der Waals surface area contributed by atoms with E-state index in [0.29, 0.717) is 12.5 Å². The SMILES string of the molecule is CCN1CCN(c2ccc(CN=C(N)N3CCCCCC3)cn2)CC1.I. The van der Waals surface area contributed by atoms with E-state index in [1.54, 1.807) is 0 Å².